The third-order valence-electron chi connectivity index (χ3n) is 3.84. The molecule has 2 rings (SSSR count). The fraction of sp³-hybridized carbons (Fsp3) is 0.667. The molecule has 1 aliphatic rings. The molecule has 9 heteroatoms. The standard InChI is InChI=1S/C15H25N3O5S/c1-12-4-5-14(23-12)6-7-16-15(19)10-13-11-22-9-8-18(13)24(20,21)17(2)3/h4-5,13H,6-11H2,1-3H3,(H,16,19)/t13-/m1/s1. The highest BCUT2D eigenvalue weighted by molar-refractivity contribution is 7.86. The Kier molecular flexibility index (Phi) is 6.39. The van der Waals surface area contributed by atoms with E-state index in [4.69, 9.17) is 9.15 Å². The lowest BCUT2D eigenvalue weighted by molar-refractivity contribution is -0.123. The van der Waals surface area contributed by atoms with Crippen molar-refractivity contribution in [2.75, 3.05) is 40.4 Å². The number of nitrogens with one attached hydrogen (secondary N) is 1. The molecule has 1 atom stereocenters. The molecule has 0 aromatic carbocycles. The van der Waals surface area contributed by atoms with Gasteiger partial charge in [0.05, 0.1) is 19.3 Å². The molecule has 0 bridgehead atoms. The zero-order chi connectivity index (χ0) is 17.7. The number of hydrogen-bond donors (Lipinski definition) is 1. The summed E-state index contributed by atoms with van der Waals surface area (Å²) in [6.45, 7) is 3.12. The smallest absolute Gasteiger partial charge is 0.281 e. The predicted octanol–water partition coefficient (Wildman–Crippen LogP) is 0.144. The van der Waals surface area contributed by atoms with Gasteiger partial charge in [0.2, 0.25) is 5.91 Å². The number of nitrogens with zero attached hydrogens (tertiary/aromatic N) is 2. The van der Waals surface area contributed by atoms with Crippen molar-refractivity contribution in [2.24, 2.45) is 0 Å². The van der Waals surface area contributed by atoms with Gasteiger partial charge in [0.15, 0.2) is 0 Å². The molecule has 1 N–H and O–H groups in total. The highest BCUT2D eigenvalue weighted by Crippen LogP contribution is 2.17. The van der Waals surface area contributed by atoms with Crippen LogP contribution in [0.25, 0.3) is 0 Å². The van der Waals surface area contributed by atoms with E-state index in [1.54, 1.807) is 0 Å². The summed E-state index contributed by atoms with van der Waals surface area (Å²) >= 11 is 0. The number of hydrogen-bond acceptors (Lipinski definition) is 5. The molecule has 1 fully saturated rings. The van der Waals surface area contributed by atoms with Crippen molar-refractivity contribution in [3.63, 3.8) is 0 Å². The normalized spacial score (nSPS) is 19.6. The van der Waals surface area contributed by atoms with Crippen molar-refractivity contribution in [2.45, 2.75) is 25.8 Å². The Balaban J connectivity index is 1.86. The second-order valence-electron chi connectivity index (χ2n) is 5.95. The maximum Gasteiger partial charge on any atom is 0.281 e. The Labute approximate surface area is 142 Å². The van der Waals surface area contributed by atoms with Crippen LogP contribution in [0.2, 0.25) is 0 Å². The first-order valence-corrected chi connectivity index (χ1v) is 9.29. The summed E-state index contributed by atoms with van der Waals surface area (Å²) in [7, 11) is -0.605. The minimum atomic E-state index is -3.56. The van der Waals surface area contributed by atoms with Crippen LogP contribution in [0, 0.1) is 6.92 Å². The summed E-state index contributed by atoms with van der Waals surface area (Å²) in [6.07, 6.45) is 0.671. The van der Waals surface area contributed by atoms with Crippen LogP contribution < -0.4 is 5.32 Å². The average Bonchev–Trinajstić information content (AvgIpc) is 2.93. The highest BCUT2D eigenvalue weighted by Gasteiger charge is 2.35. The fourth-order valence-corrected chi connectivity index (χ4v) is 3.78. The van der Waals surface area contributed by atoms with E-state index in [0.29, 0.717) is 19.6 Å². The van der Waals surface area contributed by atoms with Crippen LogP contribution in [-0.2, 0) is 26.2 Å². The van der Waals surface area contributed by atoms with Gasteiger partial charge in [-0.25, -0.2) is 0 Å². The van der Waals surface area contributed by atoms with Crippen molar-refractivity contribution < 1.29 is 22.4 Å². The molecule has 1 saturated heterocycles. The molecule has 1 aliphatic heterocycles. The van der Waals surface area contributed by atoms with Crippen LogP contribution >= 0.6 is 0 Å². The van der Waals surface area contributed by atoms with Crippen LogP contribution in [0.15, 0.2) is 16.5 Å². The third-order valence-corrected chi connectivity index (χ3v) is 5.84. The van der Waals surface area contributed by atoms with E-state index in [-0.39, 0.29) is 25.5 Å². The number of carbonyl (C=O) groups excluding carboxylic acids is 1. The number of aryl methyl sites for hydroxylation is 1. The van der Waals surface area contributed by atoms with E-state index in [1.165, 1.54) is 18.4 Å². The molecule has 0 saturated carbocycles. The van der Waals surface area contributed by atoms with Crippen molar-refractivity contribution in [3.05, 3.63) is 23.7 Å². The largest absolute Gasteiger partial charge is 0.466 e. The molecule has 0 radical (unpaired) electrons. The van der Waals surface area contributed by atoms with Crippen molar-refractivity contribution in [1.29, 1.82) is 0 Å². The summed E-state index contributed by atoms with van der Waals surface area (Å²) in [5.74, 6) is 1.44. The molecule has 8 nitrogen and oxygen atoms in total. The van der Waals surface area contributed by atoms with Crippen LogP contribution in [0.5, 0.6) is 0 Å². The first-order valence-electron chi connectivity index (χ1n) is 7.89. The Bertz CT molecular complexity index is 656. The van der Waals surface area contributed by atoms with Crippen molar-refractivity contribution in [1.82, 2.24) is 13.9 Å². The van der Waals surface area contributed by atoms with Crippen molar-refractivity contribution >= 4 is 16.1 Å². The lowest BCUT2D eigenvalue weighted by Gasteiger charge is -2.35. The second-order valence-corrected chi connectivity index (χ2v) is 8.04. The van der Waals surface area contributed by atoms with E-state index in [0.717, 1.165) is 15.8 Å². The van der Waals surface area contributed by atoms with E-state index in [1.807, 2.05) is 19.1 Å². The van der Waals surface area contributed by atoms with Gasteiger partial charge in [-0.05, 0) is 19.1 Å². The molecular formula is C15H25N3O5S. The van der Waals surface area contributed by atoms with Gasteiger partial charge in [0.25, 0.3) is 10.2 Å². The lowest BCUT2D eigenvalue weighted by Crippen LogP contribution is -2.53. The predicted molar refractivity (Wildman–Crippen MR) is 88.7 cm³/mol. The summed E-state index contributed by atoms with van der Waals surface area (Å²) < 4.78 is 37.9. The SMILES string of the molecule is Cc1ccc(CCNC(=O)C[C@@H]2COCCN2S(=O)(=O)N(C)C)o1. The Morgan fingerprint density at radius 1 is 1.42 bits per heavy atom. The maximum atomic E-state index is 12.3. The lowest BCUT2D eigenvalue weighted by atomic mass is 10.2. The zero-order valence-electron chi connectivity index (χ0n) is 14.3. The van der Waals surface area contributed by atoms with E-state index in [2.05, 4.69) is 5.32 Å². The van der Waals surface area contributed by atoms with E-state index < -0.39 is 16.3 Å². The van der Waals surface area contributed by atoms with Crippen LogP contribution in [0.4, 0.5) is 0 Å². The molecule has 0 unspecified atom stereocenters. The molecule has 1 aromatic rings. The minimum Gasteiger partial charge on any atom is -0.466 e. The molecule has 2 heterocycles. The van der Waals surface area contributed by atoms with Gasteiger partial charge in [0.1, 0.15) is 11.5 Å². The van der Waals surface area contributed by atoms with Gasteiger partial charge in [0, 0.05) is 40.0 Å². The highest BCUT2D eigenvalue weighted by atomic mass is 32.2. The summed E-state index contributed by atoms with van der Waals surface area (Å²) in [4.78, 5) is 12.1. The number of morpholine rings is 1. The monoisotopic (exact) mass is 359 g/mol. The number of carbonyl (C=O) groups is 1. The van der Waals surface area contributed by atoms with Crippen LogP contribution in [-0.4, -0.2) is 69.4 Å². The molecular weight excluding hydrogens is 334 g/mol. The number of rotatable bonds is 7. The van der Waals surface area contributed by atoms with Crippen LogP contribution in [0.3, 0.4) is 0 Å². The van der Waals surface area contributed by atoms with E-state index in [9.17, 15) is 13.2 Å². The Morgan fingerprint density at radius 2 is 2.17 bits per heavy atom. The molecule has 0 spiro atoms. The van der Waals surface area contributed by atoms with E-state index >= 15 is 0 Å². The molecule has 24 heavy (non-hydrogen) atoms. The van der Waals surface area contributed by atoms with Crippen LogP contribution in [0.1, 0.15) is 17.9 Å². The topological polar surface area (TPSA) is 92.1 Å². The van der Waals surface area contributed by atoms with Gasteiger partial charge in [-0.15, -0.1) is 0 Å². The number of ether oxygens (including phenoxy) is 1. The average molecular weight is 359 g/mol. The minimum absolute atomic E-state index is 0.0737. The van der Waals surface area contributed by atoms with Gasteiger partial charge >= 0.3 is 0 Å². The third kappa shape index (κ3) is 4.79. The molecule has 0 aliphatic carbocycles. The number of amides is 1. The summed E-state index contributed by atoms with van der Waals surface area (Å²) in [5, 5.41) is 2.80. The second kappa shape index (κ2) is 8.11. The maximum absolute atomic E-state index is 12.3. The summed E-state index contributed by atoms with van der Waals surface area (Å²) in [5.41, 5.74) is 0. The van der Waals surface area contributed by atoms with Gasteiger partial charge < -0.3 is 14.5 Å². The quantitative estimate of drug-likeness (QED) is 0.748. The first kappa shape index (κ1) is 18.9. The molecule has 1 amide bonds. The van der Waals surface area contributed by atoms with Crippen molar-refractivity contribution in [3.8, 4) is 0 Å². The fourth-order valence-electron chi connectivity index (χ4n) is 2.54. The van der Waals surface area contributed by atoms with Gasteiger partial charge in [-0.3, -0.25) is 4.79 Å². The molecule has 1 aromatic heterocycles. The Hall–Kier alpha value is -1.42. The molecule has 136 valence electrons. The van der Waals surface area contributed by atoms with Gasteiger partial charge in [-0.1, -0.05) is 0 Å². The summed E-state index contributed by atoms with van der Waals surface area (Å²) in [6, 6.07) is 3.26. The van der Waals surface area contributed by atoms with Gasteiger partial charge in [-0.2, -0.15) is 17.0 Å². The zero-order valence-corrected chi connectivity index (χ0v) is 15.1. The first-order chi connectivity index (χ1) is 11.3. The number of furan rings is 1. The Morgan fingerprint density at radius 3 is 2.79 bits per heavy atom.